The summed E-state index contributed by atoms with van der Waals surface area (Å²) >= 11 is 0. The van der Waals surface area contributed by atoms with E-state index in [1.807, 2.05) is 6.92 Å². The van der Waals surface area contributed by atoms with Crippen LogP contribution >= 0.6 is 0 Å². The molecule has 3 aromatic rings. The van der Waals surface area contributed by atoms with Gasteiger partial charge < -0.3 is 5.32 Å². The van der Waals surface area contributed by atoms with Crippen LogP contribution < -0.4 is 5.32 Å². The summed E-state index contributed by atoms with van der Waals surface area (Å²) in [6, 6.07) is 12.2. The fraction of sp³-hybridized carbons (Fsp3) is 0.269. The zero-order valence-corrected chi connectivity index (χ0v) is 18.6. The Hall–Kier alpha value is -3.78. The maximum absolute atomic E-state index is 14.2. The molecule has 0 unspecified atom stereocenters. The van der Waals surface area contributed by atoms with Crippen LogP contribution in [-0.2, 0) is 0 Å². The number of piperidine rings is 1. The highest BCUT2D eigenvalue weighted by atomic mass is 19.1. The first-order valence-electron chi connectivity index (χ1n) is 11.2. The van der Waals surface area contributed by atoms with Crippen molar-refractivity contribution in [2.45, 2.75) is 25.3 Å². The average Bonchev–Trinajstić information content (AvgIpc) is 3.10. The number of nitrogens with one attached hydrogen (secondary N) is 1. The number of hydrogen-bond donors (Lipinski definition) is 1. The molecule has 7 nitrogen and oxygen atoms in total. The maximum atomic E-state index is 14.2. The standard InChI is InChI=1S/C26H23FN4O3/c1-16-6-4-13-30-26(16,15-31-24(33)19-7-2-3-8-20(19)25(31)34)22(32)18-10-9-17(27)14-21(18)23-28-11-5-12-29-23/h2-3,5,7-12,14,16,30H,4,6,13,15H2,1H3/t16-,26-/m1/s1. The molecule has 2 aliphatic heterocycles. The van der Waals surface area contributed by atoms with Gasteiger partial charge in [-0.1, -0.05) is 19.1 Å². The Morgan fingerprint density at radius 1 is 1.06 bits per heavy atom. The third-order valence-corrected chi connectivity index (χ3v) is 6.82. The highest BCUT2D eigenvalue weighted by Crippen LogP contribution is 2.35. The van der Waals surface area contributed by atoms with Crippen molar-refractivity contribution in [3.8, 4) is 11.4 Å². The number of carbonyl (C=O) groups is 3. The molecule has 3 heterocycles. The quantitative estimate of drug-likeness (QED) is 0.465. The van der Waals surface area contributed by atoms with Crippen LogP contribution in [0.2, 0.25) is 0 Å². The van der Waals surface area contributed by atoms with E-state index in [2.05, 4.69) is 15.3 Å². The van der Waals surface area contributed by atoms with Crippen LogP contribution in [-0.4, -0.2) is 51.1 Å². The predicted molar refractivity (Wildman–Crippen MR) is 123 cm³/mol. The van der Waals surface area contributed by atoms with Gasteiger partial charge in [0.15, 0.2) is 11.6 Å². The summed E-state index contributed by atoms with van der Waals surface area (Å²) in [6.45, 7) is 2.37. The molecule has 2 amide bonds. The van der Waals surface area contributed by atoms with Crippen LogP contribution in [0.25, 0.3) is 11.4 Å². The minimum atomic E-state index is -1.23. The molecule has 0 bridgehead atoms. The number of halogens is 1. The Kier molecular flexibility index (Phi) is 5.53. The molecule has 0 radical (unpaired) electrons. The van der Waals surface area contributed by atoms with E-state index in [1.165, 1.54) is 30.6 Å². The van der Waals surface area contributed by atoms with Crippen molar-refractivity contribution >= 4 is 17.6 Å². The first-order chi connectivity index (χ1) is 16.4. The van der Waals surface area contributed by atoms with Crippen molar-refractivity contribution in [3.05, 3.63) is 83.4 Å². The van der Waals surface area contributed by atoms with Gasteiger partial charge in [-0.05, 0) is 61.7 Å². The smallest absolute Gasteiger partial charge is 0.261 e. The summed E-state index contributed by atoms with van der Waals surface area (Å²) in [5.41, 5.74) is -0.0534. The van der Waals surface area contributed by atoms with Gasteiger partial charge in [0.1, 0.15) is 11.4 Å². The Morgan fingerprint density at radius 2 is 1.74 bits per heavy atom. The Bertz CT molecular complexity index is 1260. The van der Waals surface area contributed by atoms with Gasteiger partial charge in [-0.2, -0.15) is 0 Å². The van der Waals surface area contributed by atoms with Crippen molar-refractivity contribution in [1.29, 1.82) is 0 Å². The van der Waals surface area contributed by atoms with Crippen LogP contribution in [0.5, 0.6) is 0 Å². The van der Waals surface area contributed by atoms with Crippen LogP contribution in [0, 0.1) is 11.7 Å². The van der Waals surface area contributed by atoms with Crippen LogP contribution in [0.1, 0.15) is 50.8 Å². The fourth-order valence-electron chi connectivity index (χ4n) is 4.94. The van der Waals surface area contributed by atoms with Crippen molar-refractivity contribution in [3.63, 3.8) is 0 Å². The number of benzene rings is 2. The van der Waals surface area contributed by atoms with Crippen LogP contribution in [0.3, 0.4) is 0 Å². The molecule has 172 valence electrons. The minimum Gasteiger partial charge on any atom is -0.303 e. The van der Waals surface area contributed by atoms with Gasteiger partial charge in [-0.3, -0.25) is 19.3 Å². The van der Waals surface area contributed by atoms with Gasteiger partial charge in [-0.25, -0.2) is 14.4 Å². The second kappa shape index (κ2) is 8.53. The van der Waals surface area contributed by atoms with Gasteiger partial charge in [0.05, 0.1) is 17.7 Å². The van der Waals surface area contributed by atoms with Gasteiger partial charge in [0.25, 0.3) is 11.8 Å². The number of Topliss-reactive ketones (excluding diaryl/α,β-unsaturated/α-hetero) is 1. The van der Waals surface area contributed by atoms with Crippen molar-refractivity contribution in [2.75, 3.05) is 13.1 Å². The molecule has 1 N–H and O–H groups in total. The molecule has 0 aliphatic carbocycles. The predicted octanol–water partition coefficient (Wildman–Crippen LogP) is 3.52. The van der Waals surface area contributed by atoms with Crippen molar-refractivity contribution in [1.82, 2.24) is 20.2 Å². The number of nitrogens with zero attached hydrogens (tertiary/aromatic N) is 3. The SMILES string of the molecule is C[C@@H]1CCCN[C@@]1(CN1C(=O)c2ccccc2C1=O)C(=O)c1ccc(F)cc1-c1ncccn1. The number of fused-ring (bicyclic) bond motifs is 1. The van der Waals surface area contributed by atoms with E-state index in [4.69, 9.17) is 0 Å². The number of ketones is 1. The van der Waals surface area contributed by atoms with Crippen molar-refractivity contribution in [2.24, 2.45) is 5.92 Å². The molecular weight excluding hydrogens is 435 g/mol. The van der Waals surface area contributed by atoms with Crippen molar-refractivity contribution < 1.29 is 18.8 Å². The normalized spacial score (nSPS) is 22.1. The Labute approximate surface area is 196 Å². The molecule has 2 aromatic carbocycles. The van der Waals surface area contributed by atoms with E-state index in [9.17, 15) is 18.8 Å². The summed E-state index contributed by atoms with van der Waals surface area (Å²) in [5, 5.41) is 3.34. The number of aromatic nitrogens is 2. The number of hydrogen-bond acceptors (Lipinski definition) is 6. The monoisotopic (exact) mass is 458 g/mol. The number of amides is 2. The molecule has 5 rings (SSSR count). The maximum Gasteiger partial charge on any atom is 0.261 e. The number of imide groups is 1. The molecule has 2 atom stereocenters. The van der Waals surface area contributed by atoms with Crippen LogP contribution in [0.4, 0.5) is 4.39 Å². The lowest BCUT2D eigenvalue weighted by atomic mass is 9.73. The zero-order valence-electron chi connectivity index (χ0n) is 18.6. The topological polar surface area (TPSA) is 92.3 Å². The summed E-state index contributed by atoms with van der Waals surface area (Å²) < 4.78 is 14.2. The lowest BCUT2D eigenvalue weighted by Gasteiger charge is -2.44. The Morgan fingerprint density at radius 3 is 2.38 bits per heavy atom. The first kappa shape index (κ1) is 22.0. The lowest BCUT2D eigenvalue weighted by Crippen LogP contribution is -2.65. The highest BCUT2D eigenvalue weighted by molar-refractivity contribution is 6.22. The molecule has 34 heavy (non-hydrogen) atoms. The largest absolute Gasteiger partial charge is 0.303 e. The minimum absolute atomic E-state index is 0.119. The van der Waals surface area contributed by atoms with E-state index in [1.54, 1.807) is 30.3 Å². The van der Waals surface area contributed by atoms with Gasteiger partial charge >= 0.3 is 0 Å². The molecule has 0 saturated carbocycles. The van der Waals surface area contributed by atoms with E-state index in [-0.39, 0.29) is 35.2 Å². The summed E-state index contributed by atoms with van der Waals surface area (Å²) in [7, 11) is 0. The highest BCUT2D eigenvalue weighted by Gasteiger charge is 2.50. The van der Waals surface area contributed by atoms with E-state index in [0.29, 0.717) is 17.7 Å². The summed E-state index contributed by atoms with van der Waals surface area (Å²) in [4.78, 5) is 50.0. The van der Waals surface area contributed by atoms with E-state index >= 15 is 0 Å². The summed E-state index contributed by atoms with van der Waals surface area (Å²) in [5.74, 6) is -1.63. The Balaban J connectivity index is 1.59. The third-order valence-electron chi connectivity index (χ3n) is 6.82. The molecule has 1 fully saturated rings. The molecular formula is C26H23FN4O3. The zero-order chi connectivity index (χ0) is 23.9. The first-order valence-corrected chi connectivity index (χ1v) is 11.2. The third kappa shape index (κ3) is 3.51. The lowest BCUT2D eigenvalue weighted by molar-refractivity contribution is 0.0485. The van der Waals surface area contributed by atoms with E-state index in [0.717, 1.165) is 17.7 Å². The second-order valence-electron chi connectivity index (χ2n) is 8.77. The molecule has 2 aliphatic rings. The van der Waals surface area contributed by atoms with E-state index < -0.39 is 23.2 Å². The molecule has 0 spiro atoms. The molecule has 1 aromatic heterocycles. The average molecular weight is 458 g/mol. The van der Waals surface area contributed by atoms with Crippen LogP contribution in [0.15, 0.2) is 60.9 Å². The number of carbonyl (C=O) groups excluding carboxylic acids is 3. The van der Waals surface area contributed by atoms with Gasteiger partial charge in [0, 0.05) is 23.5 Å². The van der Waals surface area contributed by atoms with Gasteiger partial charge in [-0.15, -0.1) is 0 Å². The molecule has 1 saturated heterocycles. The summed E-state index contributed by atoms with van der Waals surface area (Å²) in [6.07, 6.45) is 4.64. The fourth-order valence-corrected chi connectivity index (χ4v) is 4.94. The second-order valence-corrected chi connectivity index (χ2v) is 8.77. The van der Waals surface area contributed by atoms with Gasteiger partial charge in [0.2, 0.25) is 0 Å². The number of rotatable bonds is 5. The molecule has 8 heteroatoms.